The monoisotopic (exact) mass is 1390 g/mol. The molecular weight excluding hydrogens is 1260 g/mol. The van der Waals surface area contributed by atoms with Gasteiger partial charge in [0.05, 0.1) is 25.4 Å². The molecule has 0 saturated carbocycles. The van der Waals surface area contributed by atoms with E-state index < -0.39 is 167 Å². The summed E-state index contributed by atoms with van der Waals surface area (Å²) in [6, 6.07) is -14.6. The number of amides is 11. The van der Waals surface area contributed by atoms with E-state index in [1.807, 2.05) is 41.5 Å². The van der Waals surface area contributed by atoms with Crippen molar-refractivity contribution in [3.63, 3.8) is 0 Å². The maximum atomic E-state index is 15.2. The van der Waals surface area contributed by atoms with Crippen LogP contribution in [0.2, 0.25) is 0 Å². The fraction of sp³-hybridized carbons (Fsp3) is 0.800. The van der Waals surface area contributed by atoms with Crippen LogP contribution >= 0.6 is 0 Å². The summed E-state index contributed by atoms with van der Waals surface area (Å²) >= 11 is 0. The third kappa shape index (κ3) is 26.1. The standard InChI is InChI=1S/C70H124N12O16/c1-24-51-67(92)76(18)48(15)66(91)80(22)57(49(16)97-33-28-26-30-82-31-35-96-36-32-82)63(88)75-55(43(8)9)69(94)78(20)52(37-40(2)3)61(86)71-46(13)60(85)72-47(14)65(90)79(21)54(39-42(6)7)68(93)77(19)53(38-41(4)5)62(87)74-56(44(10)11)70(95)81(23)58(64(89)73-51)59(84)45(12)29-25-27-34-98-50(17)83/h25,27,40-49,51-59,84H,24,26,28-39H2,1-23H3,(H,71,86)(H,72,85)(H,73,89)(H,74,87)(H,75,88)/b27-25-/t45-,46+,47-,48-,49-,51+,52+,53+,54+,55+,56+,57+,58+,59-/m1/s1. The maximum absolute atomic E-state index is 15.2. The van der Waals surface area contributed by atoms with Crippen molar-refractivity contribution >= 4 is 70.9 Å². The number of nitrogens with zero attached hydrogens (tertiary/aromatic N) is 7. The average molecular weight is 1390 g/mol. The van der Waals surface area contributed by atoms with Crippen molar-refractivity contribution in [2.24, 2.45) is 35.5 Å². The van der Waals surface area contributed by atoms with E-state index in [0.29, 0.717) is 19.6 Å². The smallest absolute Gasteiger partial charge is 0.302 e. The number of aliphatic hydroxyl groups is 1. The number of esters is 1. The lowest BCUT2D eigenvalue weighted by molar-refractivity contribution is -0.153. The summed E-state index contributed by atoms with van der Waals surface area (Å²) < 4.78 is 16.9. The van der Waals surface area contributed by atoms with Gasteiger partial charge in [0.25, 0.3) is 0 Å². The minimum Gasteiger partial charge on any atom is -0.462 e. The number of rotatable bonds is 22. The molecule has 2 heterocycles. The maximum Gasteiger partial charge on any atom is 0.302 e. The highest BCUT2D eigenvalue weighted by Gasteiger charge is 2.45. The number of nitrogens with one attached hydrogen (secondary N) is 5. The topological polar surface area (TPSA) is 336 Å². The van der Waals surface area contributed by atoms with Gasteiger partial charge in [0.2, 0.25) is 65.0 Å². The van der Waals surface area contributed by atoms with Crippen molar-refractivity contribution in [2.75, 3.05) is 88.3 Å². The molecule has 0 aromatic rings. The third-order valence-corrected chi connectivity index (χ3v) is 18.5. The van der Waals surface area contributed by atoms with Crippen LogP contribution in [0.15, 0.2) is 12.2 Å². The number of morpholine rings is 1. The Morgan fingerprint density at radius 3 is 1.50 bits per heavy atom. The van der Waals surface area contributed by atoms with Crippen LogP contribution in [0.4, 0.5) is 0 Å². The first-order chi connectivity index (χ1) is 45.6. The lowest BCUT2D eigenvalue weighted by Gasteiger charge is -2.39. The van der Waals surface area contributed by atoms with Crippen LogP contribution < -0.4 is 26.6 Å². The first kappa shape index (κ1) is 87.3. The first-order valence-electron chi connectivity index (χ1n) is 35.1. The molecule has 14 atom stereocenters. The number of likely N-dealkylation sites (N-methyl/N-ethyl adjacent to an activating group) is 6. The van der Waals surface area contributed by atoms with Crippen molar-refractivity contribution in [2.45, 2.75) is 241 Å². The predicted octanol–water partition coefficient (Wildman–Crippen LogP) is 2.33. The van der Waals surface area contributed by atoms with Crippen molar-refractivity contribution in [1.29, 1.82) is 0 Å². The zero-order chi connectivity index (χ0) is 74.9. The van der Waals surface area contributed by atoms with Gasteiger partial charge in [0.1, 0.15) is 73.1 Å². The van der Waals surface area contributed by atoms with E-state index in [4.69, 9.17) is 14.2 Å². The van der Waals surface area contributed by atoms with Gasteiger partial charge in [-0.1, -0.05) is 95.2 Å². The van der Waals surface area contributed by atoms with Crippen LogP contribution in [0.25, 0.3) is 0 Å². The Balaban J connectivity index is 3.00. The second-order valence-electron chi connectivity index (χ2n) is 28.8. The highest BCUT2D eigenvalue weighted by Crippen LogP contribution is 2.24. The molecule has 0 aromatic carbocycles. The predicted molar refractivity (Wildman–Crippen MR) is 372 cm³/mol. The van der Waals surface area contributed by atoms with Gasteiger partial charge in [0, 0.05) is 68.9 Å². The van der Waals surface area contributed by atoms with Gasteiger partial charge in [-0.05, 0) is 115 Å². The van der Waals surface area contributed by atoms with E-state index >= 15 is 14.4 Å². The largest absolute Gasteiger partial charge is 0.462 e. The molecule has 0 aliphatic carbocycles. The zero-order valence-electron chi connectivity index (χ0n) is 63.2. The van der Waals surface area contributed by atoms with E-state index in [1.165, 1.54) is 84.7 Å². The Morgan fingerprint density at radius 1 is 0.531 bits per heavy atom. The molecular formula is C70H124N12O16. The van der Waals surface area contributed by atoms with E-state index in [2.05, 4.69) is 31.5 Å². The zero-order valence-corrected chi connectivity index (χ0v) is 63.2. The van der Waals surface area contributed by atoms with E-state index in [-0.39, 0.29) is 63.1 Å². The van der Waals surface area contributed by atoms with Gasteiger partial charge in [-0.25, -0.2) is 0 Å². The molecule has 2 saturated heterocycles. The van der Waals surface area contributed by atoms with Crippen LogP contribution in [0, 0.1) is 35.5 Å². The Morgan fingerprint density at radius 2 is 0.990 bits per heavy atom. The Hall–Kier alpha value is -6.78. The molecule has 28 heteroatoms. The molecule has 0 unspecified atom stereocenters. The summed E-state index contributed by atoms with van der Waals surface area (Å²) in [7, 11) is 8.29. The molecule has 98 heavy (non-hydrogen) atoms. The molecule has 0 spiro atoms. The van der Waals surface area contributed by atoms with Gasteiger partial charge in [0.15, 0.2) is 0 Å². The molecule has 2 fully saturated rings. The number of aliphatic hydroxyl groups excluding tert-OH is 1. The van der Waals surface area contributed by atoms with Crippen LogP contribution in [0.5, 0.6) is 0 Å². The summed E-state index contributed by atoms with van der Waals surface area (Å²) in [5.74, 6) is -11.3. The molecule has 6 N–H and O–H groups in total. The molecule has 11 amide bonds. The Kier molecular flexibility index (Phi) is 37.2. The van der Waals surface area contributed by atoms with E-state index in [9.17, 15) is 48.3 Å². The van der Waals surface area contributed by atoms with E-state index in [0.717, 1.165) is 40.8 Å². The fourth-order valence-corrected chi connectivity index (χ4v) is 12.0. The van der Waals surface area contributed by atoms with Gasteiger partial charge >= 0.3 is 5.97 Å². The molecule has 2 rings (SSSR count). The number of ether oxygens (including phenoxy) is 3. The summed E-state index contributed by atoms with van der Waals surface area (Å²) in [5.41, 5.74) is 0. The van der Waals surface area contributed by atoms with Gasteiger partial charge in [-0.15, -0.1) is 0 Å². The highest BCUT2D eigenvalue weighted by atomic mass is 16.5. The molecule has 0 radical (unpaired) electrons. The highest BCUT2D eigenvalue weighted by molar-refractivity contribution is 6.00. The Labute approximate surface area is 583 Å². The van der Waals surface area contributed by atoms with Crippen molar-refractivity contribution in [1.82, 2.24) is 60.9 Å². The first-order valence-corrected chi connectivity index (χ1v) is 35.1. The minimum atomic E-state index is -1.73. The fourth-order valence-electron chi connectivity index (χ4n) is 12.0. The number of hydrogen-bond acceptors (Lipinski definition) is 17. The van der Waals surface area contributed by atoms with Gasteiger partial charge < -0.3 is 75.3 Å². The van der Waals surface area contributed by atoms with Crippen LogP contribution in [0.1, 0.15) is 163 Å². The van der Waals surface area contributed by atoms with Crippen molar-refractivity contribution < 1.29 is 76.9 Å². The van der Waals surface area contributed by atoms with Crippen LogP contribution in [-0.4, -0.2) is 277 Å². The summed E-state index contributed by atoms with van der Waals surface area (Å²) in [6.07, 6.45) is 2.32. The lowest BCUT2D eigenvalue weighted by Crippen LogP contribution is -2.64. The Bertz CT molecular complexity index is 2690. The van der Waals surface area contributed by atoms with Crippen LogP contribution in [0.3, 0.4) is 0 Å². The number of unbranched alkanes of at least 4 members (excludes halogenated alkanes) is 1. The number of hydrogen-bond donors (Lipinski definition) is 6. The second kappa shape index (κ2) is 41.7. The molecule has 2 aliphatic rings. The summed E-state index contributed by atoms with van der Waals surface area (Å²) in [4.78, 5) is 184. The quantitative estimate of drug-likeness (QED) is 0.0515. The minimum absolute atomic E-state index is 0.0516. The van der Waals surface area contributed by atoms with E-state index in [1.54, 1.807) is 60.6 Å². The molecule has 0 aromatic heterocycles. The molecule has 28 nitrogen and oxygen atoms in total. The molecule has 0 bridgehead atoms. The van der Waals surface area contributed by atoms with Crippen molar-refractivity contribution in [3.05, 3.63) is 12.2 Å². The lowest BCUT2D eigenvalue weighted by atomic mass is 9.91. The molecule has 2 aliphatic heterocycles. The summed E-state index contributed by atoms with van der Waals surface area (Å²) in [5, 5.41) is 26.1. The number of carbonyl (C=O) groups excluding carboxylic acids is 12. The molecule has 560 valence electrons. The van der Waals surface area contributed by atoms with Gasteiger partial charge in [-0.3, -0.25) is 62.4 Å². The van der Waals surface area contributed by atoms with Crippen molar-refractivity contribution in [3.8, 4) is 0 Å². The second-order valence-corrected chi connectivity index (χ2v) is 28.8. The normalized spacial score (nSPS) is 26.9. The average Bonchev–Trinajstić information content (AvgIpc) is 0.822. The number of allylic oxidation sites excluding steroid dienone is 1. The summed E-state index contributed by atoms with van der Waals surface area (Å²) in [6.45, 7) is 32.0. The third-order valence-electron chi connectivity index (χ3n) is 18.5. The van der Waals surface area contributed by atoms with Gasteiger partial charge in [-0.2, -0.15) is 0 Å². The number of carbonyl (C=O) groups is 12. The SMILES string of the molecule is CC[C@@H]1NC(=O)[C@H]([C@H](O)[C@H](C)C/C=C\COC(C)=O)N(C)C(=O)[C@H](C(C)C)NC(=O)[C@H](CC(C)C)N(C)C(=O)[C@H](CC(C)C)N(C)C(=O)[C@@H](C)NC(=O)[C@H](C)NC(=O)[C@H](CC(C)C)N(C)C(=O)[C@H](C(C)C)NC(=O)[C@H]([C@@H](C)OCCCCN2CCOCC2)N(C)C(=O)[C@@H](C)N(C)C1=O. The van der Waals surface area contributed by atoms with Crippen LogP contribution in [-0.2, 0) is 71.7 Å².